The zero-order valence-electron chi connectivity index (χ0n) is 12.3. The van der Waals surface area contributed by atoms with Crippen LogP contribution in [0.3, 0.4) is 0 Å². The summed E-state index contributed by atoms with van der Waals surface area (Å²) in [5.41, 5.74) is 6.52. The second-order valence-electron chi connectivity index (χ2n) is 5.68. The van der Waals surface area contributed by atoms with Crippen molar-refractivity contribution in [1.82, 2.24) is 14.9 Å². The van der Waals surface area contributed by atoms with Crippen LogP contribution in [0.4, 0.5) is 5.82 Å². The lowest BCUT2D eigenvalue weighted by Crippen LogP contribution is -2.37. The van der Waals surface area contributed by atoms with Crippen molar-refractivity contribution < 1.29 is 4.79 Å². The molecule has 1 amide bonds. The van der Waals surface area contributed by atoms with Gasteiger partial charge >= 0.3 is 0 Å². The fraction of sp³-hybridized carbons (Fsp3) is 0.643. The molecule has 1 aromatic heterocycles. The Morgan fingerprint density at radius 1 is 1.50 bits per heavy atom. The second-order valence-corrected chi connectivity index (χ2v) is 6.62. The molecule has 0 unspecified atom stereocenters. The molecule has 0 aliphatic heterocycles. The van der Waals surface area contributed by atoms with E-state index in [0.717, 1.165) is 25.1 Å². The van der Waals surface area contributed by atoms with Crippen LogP contribution in [0, 0.1) is 12.8 Å². The molecule has 2 N–H and O–H groups in total. The number of carbonyl (C=O) groups excluding carboxylic acids is 1. The van der Waals surface area contributed by atoms with Crippen molar-refractivity contribution in [3.05, 3.63) is 11.8 Å². The van der Waals surface area contributed by atoms with E-state index in [1.165, 1.54) is 11.8 Å². The smallest absolute Gasteiger partial charge is 0.233 e. The summed E-state index contributed by atoms with van der Waals surface area (Å²) in [6.07, 6.45) is 2.27. The molecule has 1 aromatic rings. The predicted molar refractivity (Wildman–Crippen MR) is 81.5 cm³/mol. The Bertz CT molecular complexity index is 468. The first kappa shape index (κ1) is 15.1. The SMILES string of the molecule is Cc1cc(N)nc(SCC(=O)N(CC(C)C)C2CC2)n1. The van der Waals surface area contributed by atoms with E-state index in [2.05, 4.69) is 23.8 Å². The van der Waals surface area contributed by atoms with E-state index in [4.69, 9.17) is 5.73 Å². The minimum atomic E-state index is 0.176. The van der Waals surface area contributed by atoms with E-state index < -0.39 is 0 Å². The van der Waals surface area contributed by atoms with E-state index in [-0.39, 0.29) is 5.91 Å². The molecule has 0 radical (unpaired) electrons. The molecule has 0 saturated heterocycles. The largest absolute Gasteiger partial charge is 0.384 e. The number of hydrogen-bond acceptors (Lipinski definition) is 5. The van der Waals surface area contributed by atoms with Gasteiger partial charge in [-0.05, 0) is 25.7 Å². The van der Waals surface area contributed by atoms with Crippen LogP contribution in [-0.2, 0) is 4.79 Å². The summed E-state index contributed by atoms with van der Waals surface area (Å²) in [5, 5.41) is 0.580. The second kappa shape index (κ2) is 6.43. The van der Waals surface area contributed by atoms with Gasteiger partial charge < -0.3 is 10.6 Å². The number of hydrogen-bond donors (Lipinski definition) is 1. The summed E-state index contributed by atoms with van der Waals surface area (Å²) in [4.78, 5) is 22.8. The normalized spacial score (nSPS) is 14.6. The van der Waals surface area contributed by atoms with Crippen LogP contribution in [0.2, 0.25) is 0 Å². The Hall–Kier alpha value is -1.30. The van der Waals surface area contributed by atoms with Gasteiger partial charge in [-0.25, -0.2) is 9.97 Å². The molecule has 110 valence electrons. The molecule has 2 rings (SSSR count). The summed E-state index contributed by atoms with van der Waals surface area (Å²) in [6.45, 7) is 6.99. The van der Waals surface area contributed by atoms with E-state index in [1.807, 2.05) is 11.8 Å². The van der Waals surface area contributed by atoms with Crippen LogP contribution < -0.4 is 5.73 Å². The van der Waals surface area contributed by atoms with Crippen molar-refractivity contribution in [2.75, 3.05) is 18.0 Å². The number of thioether (sulfide) groups is 1. The molecule has 0 spiro atoms. The van der Waals surface area contributed by atoms with Crippen LogP contribution >= 0.6 is 11.8 Å². The summed E-state index contributed by atoms with van der Waals surface area (Å²) in [6, 6.07) is 2.18. The third kappa shape index (κ3) is 4.37. The summed E-state index contributed by atoms with van der Waals surface area (Å²) >= 11 is 1.36. The Morgan fingerprint density at radius 2 is 2.20 bits per heavy atom. The van der Waals surface area contributed by atoms with Gasteiger partial charge in [-0.1, -0.05) is 25.6 Å². The third-order valence-corrected chi connectivity index (χ3v) is 3.88. The first-order chi connectivity index (χ1) is 9.45. The van der Waals surface area contributed by atoms with Crippen LogP contribution in [0.15, 0.2) is 11.2 Å². The standard InChI is InChI=1S/C14H22N4OS/c1-9(2)7-18(11-4-5-11)13(19)8-20-14-16-10(3)6-12(15)17-14/h6,9,11H,4-5,7-8H2,1-3H3,(H2,15,16,17). The Kier molecular flexibility index (Phi) is 4.86. The average molecular weight is 294 g/mol. The van der Waals surface area contributed by atoms with E-state index in [0.29, 0.717) is 28.7 Å². The molecule has 1 heterocycles. The zero-order chi connectivity index (χ0) is 14.7. The number of rotatable bonds is 6. The topological polar surface area (TPSA) is 72.1 Å². The lowest BCUT2D eigenvalue weighted by molar-refractivity contribution is -0.129. The highest BCUT2D eigenvalue weighted by Crippen LogP contribution is 2.28. The van der Waals surface area contributed by atoms with E-state index in [1.54, 1.807) is 6.07 Å². The molecule has 1 fully saturated rings. The summed E-state index contributed by atoms with van der Waals surface area (Å²) in [5.74, 6) is 1.51. The molecule has 5 nitrogen and oxygen atoms in total. The van der Waals surface area contributed by atoms with Crippen molar-refractivity contribution in [3.63, 3.8) is 0 Å². The highest BCUT2D eigenvalue weighted by molar-refractivity contribution is 7.99. The molecule has 0 bridgehead atoms. The number of aromatic nitrogens is 2. The highest BCUT2D eigenvalue weighted by atomic mass is 32.2. The summed E-state index contributed by atoms with van der Waals surface area (Å²) < 4.78 is 0. The van der Waals surface area contributed by atoms with Crippen LogP contribution in [0.25, 0.3) is 0 Å². The molecule has 1 aliphatic carbocycles. The molecular weight excluding hydrogens is 272 g/mol. The first-order valence-electron chi connectivity index (χ1n) is 6.99. The van der Waals surface area contributed by atoms with Gasteiger partial charge in [0.25, 0.3) is 0 Å². The number of anilines is 1. The van der Waals surface area contributed by atoms with Gasteiger partial charge in [-0.2, -0.15) is 0 Å². The van der Waals surface area contributed by atoms with Crippen molar-refractivity contribution in [2.24, 2.45) is 5.92 Å². The number of carbonyl (C=O) groups is 1. The number of nitrogen functional groups attached to an aromatic ring is 1. The molecule has 6 heteroatoms. The maximum Gasteiger partial charge on any atom is 0.233 e. The number of nitrogens with zero attached hydrogens (tertiary/aromatic N) is 3. The minimum Gasteiger partial charge on any atom is -0.384 e. The number of aryl methyl sites for hydroxylation is 1. The van der Waals surface area contributed by atoms with Crippen molar-refractivity contribution >= 4 is 23.5 Å². The number of amides is 1. The quantitative estimate of drug-likeness (QED) is 0.642. The van der Waals surface area contributed by atoms with Crippen LogP contribution in [0.1, 0.15) is 32.4 Å². The van der Waals surface area contributed by atoms with Gasteiger partial charge in [-0.15, -0.1) is 0 Å². The third-order valence-electron chi connectivity index (χ3n) is 3.05. The molecular formula is C14H22N4OS. The van der Waals surface area contributed by atoms with Gasteiger partial charge in [-0.3, -0.25) is 4.79 Å². The predicted octanol–water partition coefficient (Wildman–Crippen LogP) is 2.11. The zero-order valence-corrected chi connectivity index (χ0v) is 13.1. The molecule has 1 aliphatic rings. The highest BCUT2D eigenvalue weighted by Gasteiger charge is 2.32. The van der Waals surface area contributed by atoms with Crippen molar-refractivity contribution in [2.45, 2.75) is 44.8 Å². The fourth-order valence-electron chi connectivity index (χ4n) is 2.07. The van der Waals surface area contributed by atoms with E-state index >= 15 is 0 Å². The van der Waals surface area contributed by atoms with Gasteiger partial charge in [0.2, 0.25) is 5.91 Å². The van der Waals surface area contributed by atoms with Gasteiger partial charge in [0.05, 0.1) is 5.75 Å². The van der Waals surface area contributed by atoms with Gasteiger partial charge in [0.15, 0.2) is 5.16 Å². The summed E-state index contributed by atoms with van der Waals surface area (Å²) in [7, 11) is 0. The Morgan fingerprint density at radius 3 is 2.75 bits per heavy atom. The molecule has 0 atom stereocenters. The molecule has 20 heavy (non-hydrogen) atoms. The fourth-order valence-corrected chi connectivity index (χ4v) is 2.87. The monoisotopic (exact) mass is 294 g/mol. The van der Waals surface area contributed by atoms with Crippen LogP contribution in [-0.4, -0.2) is 39.1 Å². The number of nitrogens with two attached hydrogens (primary N) is 1. The lowest BCUT2D eigenvalue weighted by atomic mass is 10.2. The van der Waals surface area contributed by atoms with Crippen molar-refractivity contribution in [1.29, 1.82) is 0 Å². The minimum absolute atomic E-state index is 0.176. The average Bonchev–Trinajstić information content (AvgIpc) is 3.15. The Balaban J connectivity index is 1.92. The maximum atomic E-state index is 12.3. The molecule has 1 saturated carbocycles. The lowest BCUT2D eigenvalue weighted by Gasteiger charge is -2.24. The van der Waals surface area contributed by atoms with Crippen LogP contribution in [0.5, 0.6) is 0 Å². The van der Waals surface area contributed by atoms with Gasteiger partial charge in [0.1, 0.15) is 5.82 Å². The van der Waals surface area contributed by atoms with E-state index in [9.17, 15) is 4.79 Å². The Labute approximate surface area is 124 Å². The maximum absolute atomic E-state index is 12.3. The van der Waals surface area contributed by atoms with Crippen molar-refractivity contribution in [3.8, 4) is 0 Å². The first-order valence-corrected chi connectivity index (χ1v) is 7.97. The van der Waals surface area contributed by atoms with Gasteiger partial charge in [0, 0.05) is 24.3 Å². The molecule has 0 aromatic carbocycles.